The van der Waals surface area contributed by atoms with Crippen LogP contribution in [0.25, 0.3) is 0 Å². The van der Waals surface area contributed by atoms with Crippen LogP contribution in [-0.4, -0.2) is 27.6 Å². The van der Waals surface area contributed by atoms with Crippen molar-refractivity contribution in [2.45, 2.75) is 4.90 Å². The summed E-state index contributed by atoms with van der Waals surface area (Å²) in [4.78, 5) is 4.07. The van der Waals surface area contributed by atoms with Gasteiger partial charge in [-0.25, -0.2) is 13.4 Å². The number of nitrogens with zero attached hydrogens (tertiary/aromatic N) is 2. The van der Waals surface area contributed by atoms with E-state index in [0.717, 1.165) is 4.31 Å². The van der Waals surface area contributed by atoms with E-state index in [1.807, 2.05) is 0 Å². The van der Waals surface area contributed by atoms with Crippen molar-refractivity contribution in [2.24, 2.45) is 0 Å². The molecular formula is C13H15N3O3S. The first kappa shape index (κ1) is 14.1. The number of ether oxygens (including phenoxy) is 1. The Hall–Kier alpha value is -2.28. The van der Waals surface area contributed by atoms with Crippen LogP contribution in [0.15, 0.2) is 47.5 Å². The van der Waals surface area contributed by atoms with E-state index < -0.39 is 10.0 Å². The fraction of sp³-hybridized carbons (Fsp3) is 0.154. The highest BCUT2D eigenvalue weighted by molar-refractivity contribution is 7.92. The summed E-state index contributed by atoms with van der Waals surface area (Å²) in [6, 6.07) is 9.45. The number of anilines is 2. The lowest BCUT2D eigenvalue weighted by atomic mass is 10.3. The van der Waals surface area contributed by atoms with Crippen LogP contribution in [0.5, 0.6) is 5.75 Å². The van der Waals surface area contributed by atoms with Crippen LogP contribution in [0.4, 0.5) is 11.5 Å². The second-order valence-electron chi connectivity index (χ2n) is 4.07. The molecule has 0 unspecified atom stereocenters. The zero-order valence-corrected chi connectivity index (χ0v) is 12.0. The van der Waals surface area contributed by atoms with Gasteiger partial charge in [-0.2, -0.15) is 0 Å². The number of hydrogen-bond donors (Lipinski definition) is 1. The van der Waals surface area contributed by atoms with Crippen molar-refractivity contribution in [3.05, 3.63) is 42.6 Å². The second-order valence-corrected chi connectivity index (χ2v) is 6.01. The quantitative estimate of drug-likeness (QED) is 0.863. The summed E-state index contributed by atoms with van der Waals surface area (Å²) in [5.41, 5.74) is 6.06. The van der Waals surface area contributed by atoms with E-state index >= 15 is 0 Å². The lowest BCUT2D eigenvalue weighted by Crippen LogP contribution is -2.27. The molecule has 0 aliphatic carbocycles. The molecule has 0 atom stereocenters. The number of aromatic nitrogens is 1. The molecular weight excluding hydrogens is 278 g/mol. The minimum absolute atomic E-state index is 0.0438. The average Bonchev–Trinajstić information content (AvgIpc) is 2.46. The van der Waals surface area contributed by atoms with Crippen molar-refractivity contribution in [2.75, 3.05) is 24.2 Å². The maximum Gasteiger partial charge on any atom is 0.268 e. The van der Waals surface area contributed by atoms with Gasteiger partial charge in [0.1, 0.15) is 16.5 Å². The van der Waals surface area contributed by atoms with E-state index in [1.165, 1.54) is 38.6 Å². The Morgan fingerprint density at radius 1 is 1.25 bits per heavy atom. The predicted octanol–water partition coefficient (Wildman–Crippen LogP) is 1.50. The van der Waals surface area contributed by atoms with Gasteiger partial charge in [-0.3, -0.25) is 4.31 Å². The van der Waals surface area contributed by atoms with Crippen LogP contribution >= 0.6 is 0 Å². The maximum atomic E-state index is 12.6. The molecule has 1 aromatic heterocycles. The molecule has 1 aromatic carbocycles. The topological polar surface area (TPSA) is 85.5 Å². The van der Waals surface area contributed by atoms with Crippen LogP contribution in [-0.2, 0) is 10.0 Å². The number of nitrogens with two attached hydrogens (primary N) is 1. The number of pyridine rings is 1. The number of benzene rings is 1. The van der Waals surface area contributed by atoms with Crippen LogP contribution in [0.1, 0.15) is 0 Å². The fourth-order valence-electron chi connectivity index (χ4n) is 1.71. The summed E-state index contributed by atoms with van der Waals surface area (Å²) in [7, 11) is -0.926. The predicted molar refractivity (Wildman–Crippen MR) is 77.2 cm³/mol. The number of nitrogen functional groups attached to an aromatic ring is 1. The van der Waals surface area contributed by atoms with Crippen LogP contribution in [0.3, 0.4) is 0 Å². The first-order valence-electron chi connectivity index (χ1n) is 5.80. The van der Waals surface area contributed by atoms with E-state index in [2.05, 4.69) is 4.98 Å². The van der Waals surface area contributed by atoms with Gasteiger partial charge in [0.25, 0.3) is 10.0 Å². The molecule has 0 fully saturated rings. The van der Waals surface area contributed by atoms with Crippen molar-refractivity contribution in [3.8, 4) is 5.75 Å². The van der Waals surface area contributed by atoms with Crippen LogP contribution < -0.4 is 14.8 Å². The second kappa shape index (κ2) is 5.38. The van der Waals surface area contributed by atoms with Gasteiger partial charge >= 0.3 is 0 Å². The molecule has 0 bridgehead atoms. The molecule has 2 rings (SSSR count). The molecule has 0 aliphatic heterocycles. The van der Waals surface area contributed by atoms with Gasteiger partial charge in [0, 0.05) is 25.0 Å². The molecule has 7 heteroatoms. The molecule has 1 heterocycles. The minimum atomic E-state index is -3.76. The molecule has 0 saturated carbocycles. The van der Waals surface area contributed by atoms with Gasteiger partial charge in [-0.1, -0.05) is 6.07 Å². The van der Waals surface area contributed by atoms with Crippen LogP contribution in [0, 0.1) is 0 Å². The number of methoxy groups -OCH3 is 1. The van der Waals surface area contributed by atoms with Crippen LogP contribution in [0.2, 0.25) is 0 Å². The Kier molecular flexibility index (Phi) is 3.80. The zero-order chi connectivity index (χ0) is 14.8. The first-order valence-corrected chi connectivity index (χ1v) is 7.24. The Bertz CT molecular complexity index is 702. The number of hydrogen-bond acceptors (Lipinski definition) is 5. The SMILES string of the molecule is COc1cc(N)ccc1S(=O)(=O)N(C)c1ccccn1. The Labute approximate surface area is 117 Å². The standard InChI is InChI=1S/C13H15N3O3S/c1-16(13-5-3-4-8-15-13)20(17,18)12-7-6-10(14)9-11(12)19-2/h3-9H,14H2,1-2H3. The average molecular weight is 293 g/mol. The third-order valence-electron chi connectivity index (χ3n) is 2.80. The summed E-state index contributed by atoms with van der Waals surface area (Å²) in [5, 5.41) is 0. The van der Waals surface area contributed by atoms with E-state index in [-0.39, 0.29) is 10.6 Å². The van der Waals surface area contributed by atoms with E-state index in [9.17, 15) is 8.42 Å². The Balaban J connectivity index is 2.51. The normalized spacial score (nSPS) is 11.1. The van der Waals surface area contributed by atoms with Gasteiger partial charge < -0.3 is 10.5 Å². The van der Waals surface area contributed by atoms with Crippen molar-refractivity contribution in [1.82, 2.24) is 4.98 Å². The van der Waals surface area contributed by atoms with Crippen molar-refractivity contribution in [1.29, 1.82) is 0 Å². The summed E-state index contributed by atoms with van der Waals surface area (Å²) in [6.45, 7) is 0. The molecule has 0 radical (unpaired) electrons. The molecule has 20 heavy (non-hydrogen) atoms. The summed E-state index contributed by atoms with van der Waals surface area (Å²) in [5.74, 6) is 0.527. The fourth-order valence-corrected chi connectivity index (χ4v) is 2.99. The molecule has 0 saturated heterocycles. The lowest BCUT2D eigenvalue weighted by Gasteiger charge is -2.19. The third kappa shape index (κ3) is 2.53. The first-order chi connectivity index (χ1) is 9.46. The lowest BCUT2D eigenvalue weighted by molar-refractivity contribution is 0.403. The van der Waals surface area contributed by atoms with Crippen molar-refractivity contribution >= 4 is 21.5 Å². The molecule has 0 aliphatic rings. The summed E-state index contributed by atoms with van der Waals surface area (Å²) in [6.07, 6.45) is 1.53. The minimum Gasteiger partial charge on any atom is -0.495 e. The maximum absolute atomic E-state index is 12.6. The smallest absolute Gasteiger partial charge is 0.268 e. The van der Waals surface area contributed by atoms with E-state index in [0.29, 0.717) is 11.5 Å². The molecule has 2 aromatic rings. The highest BCUT2D eigenvalue weighted by Gasteiger charge is 2.25. The monoisotopic (exact) mass is 293 g/mol. The van der Waals surface area contributed by atoms with Gasteiger partial charge in [-0.05, 0) is 24.3 Å². The van der Waals surface area contributed by atoms with E-state index in [1.54, 1.807) is 18.2 Å². The van der Waals surface area contributed by atoms with Crippen molar-refractivity contribution < 1.29 is 13.2 Å². The highest BCUT2D eigenvalue weighted by Crippen LogP contribution is 2.29. The molecule has 106 valence electrons. The third-order valence-corrected chi connectivity index (χ3v) is 4.60. The highest BCUT2D eigenvalue weighted by atomic mass is 32.2. The van der Waals surface area contributed by atoms with Gasteiger partial charge in [0.15, 0.2) is 0 Å². The summed E-state index contributed by atoms with van der Waals surface area (Å²) < 4.78 is 31.4. The van der Waals surface area contributed by atoms with Gasteiger partial charge in [0.05, 0.1) is 7.11 Å². The summed E-state index contributed by atoms with van der Waals surface area (Å²) >= 11 is 0. The molecule has 2 N–H and O–H groups in total. The Morgan fingerprint density at radius 3 is 2.60 bits per heavy atom. The van der Waals surface area contributed by atoms with Crippen molar-refractivity contribution in [3.63, 3.8) is 0 Å². The number of rotatable bonds is 4. The largest absolute Gasteiger partial charge is 0.495 e. The molecule has 0 spiro atoms. The van der Waals surface area contributed by atoms with Gasteiger partial charge in [-0.15, -0.1) is 0 Å². The van der Waals surface area contributed by atoms with Gasteiger partial charge in [0.2, 0.25) is 0 Å². The number of sulfonamides is 1. The van der Waals surface area contributed by atoms with E-state index in [4.69, 9.17) is 10.5 Å². The molecule has 0 amide bonds. The zero-order valence-electron chi connectivity index (χ0n) is 11.1. The molecule has 6 nitrogen and oxygen atoms in total. The Morgan fingerprint density at radius 2 is 2.00 bits per heavy atom.